The van der Waals surface area contributed by atoms with Gasteiger partial charge in [0.25, 0.3) is 0 Å². The minimum Gasteiger partial charge on any atom is -0.393 e. The van der Waals surface area contributed by atoms with Crippen LogP contribution in [0.1, 0.15) is 31.7 Å². The molecule has 106 valence electrons. The summed E-state index contributed by atoms with van der Waals surface area (Å²) in [5, 5.41) is 10.2. The van der Waals surface area contributed by atoms with Gasteiger partial charge in [0.2, 0.25) is 0 Å². The molecule has 2 rings (SSSR count). The smallest absolute Gasteiger partial charge is 0.142 e. The number of halogens is 2. The number of hydrogen-bond acceptors (Lipinski definition) is 2. The summed E-state index contributed by atoms with van der Waals surface area (Å²) in [6.07, 6.45) is 3.07. The van der Waals surface area contributed by atoms with E-state index in [-0.39, 0.29) is 5.02 Å². The SMILES string of the molecule is CCOC1CC(CC(O)Cc2cccc(F)c2Cl)C1. The third kappa shape index (κ3) is 3.91. The molecule has 1 aliphatic rings. The highest BCUT2D eigenvalue weighted by Gasteiger charge is 2.31. The zero-order chi connectivity index (χ0) is 13.8. The van der Waals surface area contributed by atoms with Gasteiger partial charge in [-0.3, -0.25) is 0 Å². The summed E-state index contributed by atoms with van der Waals surface area (Å²) in [6, 6.07) is 4.72. The van der Waals surface area contributed by atoms with Crippen molar-refractivity contribution in [2.45, 2.75) is 44.8 Å². The maximum absolute atomic E-state index is 13.3. The summed E-state index contributed by atoms with van der Waals surface area (Å²) >= 11 is 5.88. The van der Waals surface area contributed by atoms with Crippen LogP contribution in [-0.2, 0) is 11.2 Å². The molecule has 0 spiro atoms. The second-order valence-electron chi connectivity index (χ2n) is 5.22. The third-order valence-electron chi connectivity index (χ3n) is 3.69. The monoisotopic (exact) mass is 286 g/mol. The number of aliphatic hydroxyl groups is 1. The second-order valence-corrected chi connectivity index (χ2v) is 5.60. The highest BCUT2D eigenvalue weighted by atomic mass is 35.5. The molecule has 0 aromatic heterocycles. The molecule has 0 heterocycles. The van der Waals surface area contributed by atoms with Gasteiger partial charge < -0.3 is 9.84 Å². The zero-order valence-corrected chi connectivity index (χ0v) is 11.9. The summed E-state index contributed by atoms with van der Waals surface area (Å²) in [6.45, 7) is 2.74. The molecule has 0 radical (unpaired) electrons. The van der Waals surface area contributed by atoms with Crippen molar-refractivity contribution in [2.75, 3.05) is 6.61 Å². The Labute approximate surface area is 118 Å². The van der Waals surface area contributed by atoms with Gasteiger partial charge in [-0.25, -0.2) is 4.39 Å². The van der Waals surface area contributed by atoms with E-state index in [2.05, 4.69) is 0 Å². The maximum atomic E-state index is 13.3. The maximum Gasteiger partial charge on any atom is 0.142 e. The minimum atomic E-state index is -0.466. The van der Waals surface area contributed by atoms with Crippen molar-refractivity contribution in [3.05, 3.63) is 34.6 Å². The lowest BCUT2D eigenvalue weighted by Gasteiger charge is -2.36. The molecule has 1 aromatic rings. The van der Waals surface area contributed by atoms with Crippen molar-refractivity contribution < 1.29 is 14.2 Å². The Morgan fingerprint density at radius 1 is 1.47 bits per heavy atom. The van der Waals surface area contributed by atoms with E-state index in [1.165, 1.54) is 6.07 Å². The van der Waals surface area contributed by atoms with Crippen molar-refractivity contribution in [2.24, 2.45) is 5.92 Å². The molecule has 1 aliphatic carbocycles. The van der Waals surface area contributed by atoms with E-state index in [9.17, 15) is 9.50 Å². The van der Waals surface area contributed by atoms with Gasteiger partial charge in [0.1, 0.15) is 5.82 Å². The Morgan fingerprint density at radius 2 is 2.21 bits per heavy atom. The van der Waals surface area contributed by atoms with E-state index in [0.29, 0.717) is 24.0 Å². The third-order valence-corrected chi connectivity index (χ3v) is 4.11. The fourth-order valence-electron chi connectivity index (χ4n) is 2.67. The Morgan fingerprint density at radius 3 is 2.89 bits per heavy atom. The van der Waals surface area contributed by atoms with E-state index < -0.39 is 11.9 Å². The molecule has 1 atom stereocenters. The molecule has 1 fully saturated rings. The Hall–Kier alpha value is -0.640. The summed E-state index contributed by atoms with van der Waals surface area (Å²) in [7, 11) is 0. The number of rotatable bonds is 6. The van der Waals surface area contributed by atoms with Crippen LogP contribution in [-0.4, -0.2) is 23.9 Å². The predicted octanol–water partition coefficient (Wildman–Crippen LogP) is 3.59. The van der Waals surface area contributed by atoms with Crippen LogP contribution in [0.2, 0.25) is 5.02 Å². The topological polar surface area (TPSA) is 29.5 Å². The second kappa shape index (κ2) is 6.69. The van der Waals surface area contributed by atoms with E-state index in [4.69, 9.17) is 16.3 Å². The summed E-state index contributed by atoms with van der Waals surface area (Å²) < 4.78 is 18.8. The Kier molecular flexibility index (Phi) is 5.20. The lowest BCUT2D eigenvalue weighted by molar-refractivity contribution is -0.0375. The molecule has 19 heavy (non-hydrogen) atoms. The van der Waals surface area contributed by atoms with Gasteiger partial charge in [0.05, 0.1) is 17.2 Å². The minimum absolute atomic E-state index is 0.127. The van der Waals surface area contributed by atoms with E-state index in [1.54, 1.807) is 12.1 Å². The molecule has 0 saturated heterocycles. The van der Waals surface area contributed by atoms with Crippen LogP contribution in [0.5, 0.6) is 0 Å². The van der Waals surface area contributed by atoms with Gasteiger partial charge in [-0.05, 0) is 50.2 Å². The molecule has 0 aliphatic heterocycles. The van der Waals surface area contributed by atoms with Crippen LogP contribution in [0.4, 0.5) is 4.39 Å². The van der Waals surface area contributed by atoms with Crippen molar-refractivity contribution in [3.8, 4) is 0 Å². The Bertz CT molecular complexity index is 419. The van der Waals surface area contributed by atoms with Gasteiger partial charge in [0, 0.05) is 6.61 Å². The number of hydrogen-bond donors (Lipinski definition) is 1. The van der Waals surface area contributed by atoms with Crippen molar-refractivity contribution in [1.29, 1.82) is 0 Å². The van der Waals surface area contributed by atoms with Crippen LogP contribution in [0.3, 0.4) is 0 Å². The molecule has 1 unspecified atom stereocenters. The predicted molar refractivity (Wildman–Crippen MR) is 73.9 cm³/mol. The quantitative estimate of drug-likeness (QED) is 0.866. The normalized spacial score (nSPS) is 24.0. The van der Waals surface area contributed by atoms with Gasteiger partial charge >= 0.3 is 0 Å². The van der Waals surface area contributed by atoms with E-state index in [1.807, 2.05) is 6.92 Å². The molecule has 0 bridgehead atoms. The van der Waals surface area contributed by atoms with Crippen LogP contribution in [0, 0.1) is 11.7 Å². The summed E-state index contributed by atoms with van der Waals surface area (Å²) in [5.74, 6) is 0.0882. The fraction of sp³-hybridized carbons (Fsp3) is 0.600. The molecule has 0 amide bonds. The van der Waals surface area contributed by atoms with Crippen LogP contribution >= 0.6 is 11.6 Å². The molecular weight excluding hydrogens is 267 g/mol. The molecule has 1 N–H and O–H groups in total. The first-order valence-electron chi connectivity index (χ1n) is 6.82. The first-order chi connectivity index (χ1) is 9.10. The largest absolute Gasteiger partial charge is 0.393 e. The zero-order valence-electron chi connectivity index (χ0n) is 11.1. The first-order valence-corrected chi connectivity index (χ1v) is 7.20. The molecule has 4 heteroatoms. The molecule has 1 aromatic carbocycles. The number of benzene rings is 1. The summed E-state index contributed by atoms with van der Waals surface area (Å²) in [4.78, 5) is 0. The number of ether oxygens (including phenoxy) is 1. The lowest BCUT2D eigenvalue weighted by Crippen LogP contribution is -2.34. The molecule has 1 saturated carbocycles. The first kappa shape index (κ1) is 14.8. The standard InChI is InChI=1S/C15H20ClFO2/c1-2-19-13-7-10(8-13)6-12(18)9-11-4-3-5-14(17)15(11)16/h3-5,10,12-13,18H,2,6-9H2,1H3. The van der Waals surface area contributed by atoms with Crippen LogP contribution in [0.25, 0.3) is 0 Å². The van der Waals surface area contributed by atoms with Crippen molar-refractivity contribution in [1.82, 2.24) is 0 Å². The number of aliphatic hydroxyl groups excluding tert-OH is 1. The van der Waals surface area contributed by atoms with Gasteiger partial charge in [-0.1, -0.05) is 23.7 Å². The van der Waals surface area contributed by atoms with Crippen molar-refractivity contribution in [3.63, 3.8) is 0 Å². The van der Waals surface area contributed by atoms with Crippen LogP contribution in [0.15, 0.2) is 18.2 Å². The van der Waals surface area contributed by atoms with E-state index >= 15 is 0 Å². The van der Waals surface area contributed by atoms with Gasteiger partial charge in [-0.2, -0.15) is 0 Å². The fourth-order valence-corrected chi connectivity index (χ4v) is 2.87. The highest BCUT2D eigenvalue weighted by Crippen LogP contribution is 2.34. The Balaban J connectivity index is 1.79. The average Bonchev–Trinajstić information content (AvgIpc) is 2.32. The molecule has 2 nitrogen and oxygen atoms in total. The lowest BCUT2D eigenvalue weighted by atomic mass is 9.78. The van der Waals surface area contributed by atoms with Crippen molar-refractivity contribution >= 4 is 11.6 Å². The van der Waals surface area contributed by atoms with Gasteiger partial charge in [-0.15, -0.1) is 0 Å². The van der Waals surface area contributed by atoms with Gasteiger partial charge in [0.15, 0.2) is 0 Å². The van der Waals surface area contributed by atoms with Crippen LogP contribution < -0.4 is 0 Å². The van der Waals surface area contributed by atoms with E-state index in [0.717, 1.165) is 25.9 Å². The summed E-state index contributed by atoms with van der Waals surface area (Å²) in [5.41, 5.74) is 0.676. The average molecular weight is 287 g/mol. The highest BCUT2D eigenvalue weighted by molar-refractivity contribution is 6.31. The molecular formula is C15H20ClFO2.